The van der Waals surface area contributed by atoms with Gasteiger partial charge in [-0.15, -0.1) is 5.98 Å². The molecule has 0 heterocycles. The molecule has 0 saturated heterocycles. The van der Waals surface area contributed by atoms with Gasteiger partial charge in [-0.05, 0) is 12.5 Å². The average Bonchev–Trinajstić information content (AvgIpc) is 1.95. The molecular weight excluding hydrogens is 119 g/mol. The van der Waals surface area contributed by atoms with E-state index in [4.69, 9.17) is 7.85 Å². The Morgan fingerprint density at radius 2 is 1.80 bits per heavy atom. The van der Waals surface area contributed by atoms with Crippen LogP contribution in [0.1, 0.15) is 11.1 Å². The van der Waals surface area contributed by atoms with Gasteiger partial charge in [0, 0.05) is 0 Å². The summed E-state index contributed by atoms with van der Waals surface area (Å²) in [5.74, 6) is 1.55. The molecule has 1 rings (SSSR count). The number of hydrogen-bond donors (Lipinski definition) is 0. The van der Waals surface area contributed by atoms with Gasteiger partial charge in [-0.3, -0.25) is 0 Å². The maximum atomic E-state index is 5.22. The van der Waals surface area contributed by atoms with Gasteiger partial charge < -0.3 is 0 Å². The van der Waals surface area contributed by atoms with Crippen LogP contribution in [0.5, 0.6) is 0 Å². The van der Waals surface area contributed by atoms with Crippen LogP contribution in [-0.4, -0.2) is 7.85 Å². The molecule has 0 aliphatic carbocycles. The highest BCUT2D eigenvalue weighted by Crippen LogP contribution is 2.03. The molecule has 0 N–H and O–H groups in total. The van der Waals surface area contributed by atoms with E-state index in [1.54, 1.807) is 5.98 Å². The average molecular weight is 128 g/mol. The lowest BCUT2D eigenvalue weighted by Crippen LogP contribution is -1.72. The minimum Gasteiger partial charge on any atom is -0.131 e. The second-order valence-electron chi connectivity index (χ2n) is 2.27. The molecule has 10 heavy (non-hydrogen) atoms. The van der Waals surface area contributed by atoms with Gasteiger partial charge in [0.1, 0.15) is 7.85 Å². The molecule has 2 radical (unpaired) electrons. The van der Waals surface area contributed by atoms with E-state index in [0.717, 1.165) is 5.56 Å². The van der Waals surface area contributed by atoms with Crippen LogP contribution in [0.4, 0.5) is 0 Å². The van der Waals surface area contributed by atoms with Crippen molar-refractivity contribution in [3.05, 3.63) is 41.4 Å². The largest absolute Gasteiger partial charge is 0.131 e. The SMILES string of the molecule is [B]C=Cc1ccc(C)cc1. The van der Waals surface area contributed by atoms with E-state index in [-0.39, 0.29) is 0 Å². The lowest BCUT2D eigenvalue weighted by molar-refractivity contribution is 1.46. The van der Waals surface area contributed by atoms with E-state index in [1.807, 2.05) is 18.2 Å². The first-order valence-corrected chi connectivity index (χ1v) is 3.28. The predicted molar refractivity (Wildman–Crippen MR) is 46.0 cm³/mol. The van der Waals surface area contributed by atoms with E-state index in [0.29, 0.717) is 0 Å². The molecule has 0 fully saturated rings. The summed E-state index contributed by atoms with van der Waals surface area (Å²) in [6.45, 7) is 2.07. The molecule has 48 valence electrons. The summed E-state index contributed by atoms with van der Waals surface area (Å²) in [7, 11) is 5.22. The summed E-state index contributed by atoms with van der Waals surface area (Å²) < 4.78 is 0. The number of benzene rings is 1. The van der Waals surface area contributed by atoms with Crippen LogP contribution in [0.2, 0.25) is 0 Å². The molecule has 0 saturated carbocycles. The van der Waals surface area contributed by atoms with Crippen LogP contribution >= 0.6 is 0 Å². The highest BCUT2D eigenvalue weighted by molar-refractivity contribution is 6.19. The van der Waals surface area contributed by atoms with Crippen molar-refractivity contribution in [2.24, 2.45) is 0 Å². The van der Waals surface area contributed by atoms with Crippen molar-refractivity contribution in [2.45, 2.75) is 6.92 Å². The van der Waals surface area contributed by atoms with Gasteiger partial charge >= 0.3 is 0 Å². The zero-order valence-corrected chi connectivity index (χ0v) is 6.04. The van der Waals surface area contributed by atoms with Gasteiger partial charge in [0.15, 0.2) is 0 Å². The Bertz CT molecular complexity index is 221. The Hall–Kier alpha value is -0.975. The van der Waals surface area contributed by atoms with Crippen molar-refractivity contribution >= 4 is 13.9 Å². The third-order valence-corrected chi connectivity index (χ3v) is 1.37. The predicted octanol–water partition coefficient (Wildman–Crippen LogP) is 2.13. The quantitative estimate of drug-likeness (QED) is 0.508. The molecule has 1 aromatic carbocycles. The standard InChI is InChI=1S/C9H9B/c1-8-2-4-9(5-3-8)6-7-10/h2-7H,1H3. The van der Waals surface area contributed by atoms with Crippen molar-refractivity contribution < 1.29 is 0 Å². The van der Waals surface area contributed by atoms with Crippen LogP contribution in [0, 0.1) is 6.92 Å². The minimum absolute atomic E-state index is 1.15. The van der Waals surface area contributed by atoms with Gasteiger partial charge in [0.05, 0.1) is 0 Å². The van der Waals surface area contributed by atoms with Gasteiger partial charge in [-0.2, -0.15) is 0 Å². The molecule has 0 aliphatic heterocycles. The normalized spacial score (nSPS) is 10.5. The third kappa shape index (κ3) is 1.76. The number of rotatable bonds is 1. The van der Waals surface area contributed by atoms with Crippen molar-refractivity contribution in [1.29, 1.82) is 0 Å². The summed E-state index contributed by atoms with van der Waals surface area (Å²) in [6.07, 6.45) is 1.87. The van der Waals surface area contributed by atoms with Crippen molar-refractivity contribution in [1.82, 2.24) is 0 Å². The zero-order chi connectivity index (χ0) is 7.40. The summed E-state index contributed by atoms with van der Waals surface area (Å²) in [4.78, 5) is 0. The molecule has 0 nitrogen and oxygen atoms in total. The Morgan fingerprint density at radius 3 is 2.30 bits per heavy atom. The Morgan fingerprint density at radius 1 is 1.20 bits per heavy atom. The molecule has 0 unspecified atom stereocenters. The fourth-order valence-electron chi connectivity index (χ4n) is 0.789. The van der Waals surface area contributed by atoms with Crippen LogP contribution in [0.25, 0.3) is 6.08 Å². The molecular formula is C9H9B. The lowest BCUT2D eigenvalue weighted by Gasteiger charge is -1.92. The first-order valence-electron chi connectivity index (χ1n) is 3.28. The monoisotopic (exact) mass is 128 g/mol. The Labute approximate surface area is 63.0 Å². The summed E-state index contributed by atoms with van der Waals surface area (Å²) in [5.41, 5.74) is 2.42. The van der Waals surface area contributed by atoms with E-state index < -0.39 is 0 Å². The minimum atomic E-state index is 1.15. The summed E-state index contributed by atoms with van der Waals surface area (Å²) in [5, 5.41) is 0. The van der Waals surface area contributed by atoms with E-state index >= 15 is 0 Å². The third-order valence-electron chi connectivity index (χ3n) is 1.37. The topological polar surface area (TPSA) is 0 Å². The fourth-order valence-corrected chi connectivity index (χ4v) is 0.789. The molecule has 0 atom stereocenters. The second-order valence-corrected chi connectivity index (χ2v) is 2.27. The second kappa shape index (κ2) is 3.26. The van der Waals surface area contributed by atoms with Crippen LogP contribution in [0.15, 0.2) is 30.2 Å². The number of hydrogen-bond acceptors (Lipinski definition) is 0. The van der Waals surface area contributed by atoms with Crippen molar-refractivity contribution in [3.8, 4) is 0 Å². The molecule has 0 amide bonds. The van der Waals surface area contributed by atoms with E-state index in [2.05, 4.69) is 19.1 Å². The first kappa shape index (κ1) is 7.14. The van der Waals surface area contributed by atoms with Crippen LogP contribution in [-0.2, 0) is 0 Å². The van der Waals surface area contributed by atoms with Crippen LogP contribution < -0.4 is 0 Å². The molecule has 0 spiro atoms. The highest BCUT2D eigenvalue weighted by atomic mass is 13.9. The Balaban J connectivity index is 2.89. The van der Waals surface area contributed by atoms with Crippen molar-refractivity contribution in [3.63, 3.8) is 0 Å². The smallest absolute Gasteiger partial charge is 0.102 e. The first-order chi connectivity index (χ1) is 4.83. The van der Waals surface area contributed by atoms with E-state index in [9.17, 15) is 0 Å². The van der Waals surface area contributed by atoms with Gasteiger partial charge in [-0.1, -0.05) is 35.9 Å². The van der Waals surface area contributed by atoms with Gasteiger partial charge in [-0.25, -0.2) is 0 Å². The van der Waals surface area contributed by atoms with Crippen LogP contribution in [0.3, 0.4) is 0 Å². The van der Waals surface area contributed by atoms with Crippen molar-refractivity contribution in [2.75, 3.05) is 0 Å². The molecule has 1 heteroatoms. The maximum absolute atomic E-state index is 5.22. The molecule has 0 bridgehead atoms. The highest BCUT2D eigenvalue weighted by Gasteiger charge is 1.83. The fraction of sp³-hybridized carbons (Fsp3) is 0.111. The van der Waals surface area contributed by atoms with Gasteiger partial charge in [0.25, 0.3) is 0 Å². The molecule has 1 aromatic rings. The summed E-state index contributed by atoms with van der Waals surface area (Å²) >= 11 is 0. The lowest BCUT2D eigenvalue weighted by atomic mass is 10.1. The van der Waals surface area contributed by atoms with E-state index in [1.165, 1.54) is 5.56 Å². The molecule has 0 aliphatic rings. The maximum Gasteiger partial charge on any atom is 0.102 e. The molecule has 0 aromatic heterocycles. The van der Waals surface area contributed by atoms with Gasteiger partial charge in [0.2, 0.25) is 0 Å². The summed E-state index contributed by atoms with van der Waals surface area (Å²) in [6, 6.07) is 8.21. The Kier molecular flexibility index (Phi) is 2.32. The number of aryl methyl sites for hydroxylation is 1. The zero-order valence-electron chi connectivity index (χ0n) is 6.04.